The number of carbonyl (C=O) groups excluding carboxylic acids is 1. The summed E-state index contributed by atoms with van der Waals surface area (Å²) in [5.74, 6) is -0.540. The molecule has 3 aromatic rings. The van der Waals surface area contributed by atoms with E-state index in [1.807, 2.05) is 12.1 Å². The van der Waals surface area contributed by atoms with E-state index in [0.29, 0.717) is 6.54 Å². The first-order valence-electron chi connectivity index (χ1n) is 10.8. The third-order valence-electron chi connectivity index (χ3n) is 6.16. The van der Waals surface area contributed by atoms with Gasteiger partial charge >= 0.3 is 0 Å². The highest BCUT2D eigenvalue weighted by atomic mass is 16.5. The Bertz CT molecular complexity index is 1070. The monoisotopic (exact) mass is 419 g/mol. The van der Waals surface area contributed by atoms with E-state index in [9.17, 15) is 9.90 Å². The number of rotatable bonds is 8. The topological polar surface area (TPSA) is 88.6 Å². The van der Waals surface area contributed by atoms with Gasteiger partial charge in [0.2, 0.25) is 0 Å². The molecular formula is C25H29N3O3. The van der Waals surface area contributed by atoms with E-state index >= 15 is 0 Å². The molecule has 6 nitrogen and oxygen atoms in total. The van der Waals surface area contributed by atoms with Gasteiger partial charge in [-0.05, 0) is 60.1 Å². The van der Waals surface area contributed by atoms with Crippen LogP contribution in [0.1, 0.15) is 41.1 Å². The molecule has 0 aliphatic heterocycles. The van der Waals surface area contributed by atoms with Crippen LogP contribution in [0.4, 0.5) is 0 Å². The number of carbonyl (C=O) groups is 1. The Morgan fingerprint density at radius 3 is 2.94 bits per heavy atom. The van der Waals surface area contributed by atoms with Crippen LogP contribution >= 0.6 is 0 Å². The van der Waals surface area contributed by atoms with Gasteiger partial charge in [0, 0.05) is 42.3 Å². The molecule has 1 aliphatic carbocycles. The maximum absolute atomic E-state index is 11.3. The molecule has 1 unspecified atom stereocenters. The number of hydroxylamine groups is 1. The Hall–Kier alpha value is -2.93. The lowest BCUT2D eigenvalue weighted by atomic mass is 9.85. The van der Waals surface area contributed by atoms with E-state index in [-0.39, 0.29) is 12.6 Å². The van der Waals surface area contributed by atoms with Crippen LogP contribution in [0.2, 0.25) is 0 Å². The molecule has 31 heavy (non-hydrogen) atoms. The average Bonchev–Trinajstić information content (AvgIpc) is 3.22. The smallest absolute Gasteiger partial charge is 0.267 e. The number of nitrogens with zero attached hydrogens (tertiary/aromatic N) is 1. The summed E-state index contributed by atoms with van der Waals surface area (Å²) in [5, 5.41) is 19.6. The molecule has 1 aliphatic rings. The number of H-pyrrole nitrogens is 1. The SMILES string of the molecule is O=C(C=Cc1ccc2c(c1)CCCC2N(CCO)CCc1c[nH]c2ccccc12)NO. The second-order valence-corrected chi connectivity index (χ2v) is 8.04. The summed E-state index contributed by atoms with van der Waals surface area (Å²) >= 11 is 0. The summed E-state index contributed by atoms with van der Waals surface area (Å²) in [6.45, 7) is 1.66. The minimum absolute atomic E-state index is 0.136. The van der Waals surface area contributed by atoms with Crippen molar-refractivity contribution >= 4 is 22.9 Å². The summed E-state index contributed by atoms with van der Waals surface area (Å²) in [6, 6.07) is 14.9. The lowest BCUT2D eigenvalue weighted by Gasteiger charge is -2.36. The number of amides is 1. The van der Waals surface area contributed by atoms with Crippen molar-refractivity contribution in [2.24, 2.45) is 0 Å². The van der Waals surface area contributed by atoms with Crippen molar-refractivity contribution in [3.8, 4) is 0 Å². The number of aryl methyl sites for hydroxylation is 1. The molecule has 0 spiro atoms. The van der Waals surface area contributed by atoms with E-state index in [0.717, 1.165) is 43.3 Å². The highest BCUT2D eigenvalue weighted by Gasteiger charge is 2.25. The normalized spacial score (nSPS) is 16.2. The standard InChI is InChI=1S/C25H29N3O3/c29-15-14-28(13-12-20-17-26-23-6-2-1-5-21(20)23)24-7-3-4-19-16-18(8-10-22(19)24)9-11-25(30)27-31/h1-2,5-6,8-11,16-17,24,26,29,31H,3-4,7,12-15H2,(H,27,30). The molecule has 4 N–H and O–H groups in total. The van der Waals surface area contributed by atoms with Gasteiger partial charge in [-0.2, -0.15) is 0 Å². The minimum Gasteiger partial charge on any atom is -0.395 e. The number of aliphatic hydroxyl groups excluding tert-OH is 1. The van der Waals surface area contributed by atoms with E-state index < -0.39 is 5.91 Å². The van der Waals surface area contributed by atoms with E-state index in [2.05, 4.69) is 46.4 Å². The van der Waals surface area contributed by atoms with Crippen LogP contribution < -0.4 is 5.48 Å². The van der Waals surface area contributed by atoms with Gasteiger partial charge in [0.15, 0.2) is 0 Å². The molecular weight excluding hydrogens is 390 g/mol. The quantitative estimate of drug-likeness (QED) is 0.255. The van der Waals surface area contributed by atoms with Crippen LogP contribution in [0.3, 0.4) is 0 Å². The van der Waals surface area contributed by atoms with Gasteiger partial charge in [0.1, 0.15) is 0 Å². The first-order chi connectivity index (χ1) is 15.2. The average molecular weight is 420 g/mol. The Morgan fingerprint density at radius 1 is 1.23 bits per heavy atom. The lowest BCUT2D eigenvalue weighted by Crippen LogP contribution is -2.35. The van der Waals surface area contributed by atoms with E-state index in [4.69, 9.17) is 5.21 Å². The molecule has 1 atom stereocenters. The third-order valence-corrected chi connectivity index (χ3v) is 6.16. The Balaban J connectivity index is 1.52. The number of nitrogens with one attached hydrogen (secondary N) is 2. The third kappa shape index (κ3) is 4.88. The minimum atomic E-state index is -0.540. The van der Waals surface area contributed by atoms with Crippen LogP contribution in [-0.4, -0.2) is 45.8 Å². The van der Waals surface area contributed by atoms with Crippen molar-refractivity contribution in [1.82, 2.24) is 15.4 Å². The second-order valence-electron chi connectivity index (χ2n) is 8.04. The number of para-hydroxylation sites is 1. The first-order valence-corrected chi connectivity index (χ1v) is 10.8. The summed E-state index contributed by atoms with van der Waals surface area (Å²) in [5.41, 5.74) is 7.61. The van der Waals surface area contributed by atoms with Crippen LogP contribution in [-0.2, 0) is 17.6 Å². The van der Waals surface area contributed by atoms with Crippen molar-refractivity contribution in [3.63, 3.8) is 0 Å². The number of fused-ring (bicyclic) bond motifs is 2. The molecule has 0 bridgehead atoms. The lowest BCUT2D eigenvalue weighted by molar-refractivity contribution is -0.124. The summed E-state index contributed by atoms with van der Waals surface area (Å²) in [6.07, 6.45) is 9.22. The highest BCUT2D eigenvalue weighted by Crippen LogP contribution is 2.35. The molecule has 0 radical (unpaired) electrons. The zero-order valence-corrected chi connectivity index (χ0v) is 17.6. The van der Waals surface area contributed by atoms with Crippen LogP contribution in [0.25, 0.3) is 17.0 Å². The molecule has 6 heteroatoms. The molecule has 0 fully saturated rings. The molecule has 1 aromatic heterocycles. The van der Waals surface area contributed by atoms with Crippen molar-refractivity contribution in [1.29, 1.82) is 0 Å². The van der Waals surface area contributed by atoms with Crippen LogP contribution in [0.5, 0.6) is 0 Å². The van der Waals surface area contributed by atoms with Crippen LogP contribution in [0, 0.1) is 0 Å². The number of hydrogen-bond acceptors (Lipinski definition) is 4. The van der Waals surface area contributed by atoms with Gasteiger partial charge in [-0.3, -0.25) is 14.9 Å². The van der Waals surface area contributed by atoms with E-state index in [1.165, 1.54) is 28.2 Å². The summed E-state index contributed by atoms with van der Waals surface area (Å²) < 4.78 is 0. The van der Waals surface area contributed by atoms with Gasteiger partial charge in [-0.1, -0.05) is 36.4 Å². The Morgan fingerprint density at radius 2 is 2.10 bits per heavy atom. The van der Waals surface area contributed by atoms with Gasteiger partial charge in [-0.15, -0.1) is 0 Å². The highest BCUT2D eigenvalue weighted by molar-refractivity contribution is 5.90. The molecule has 1 amide bonds. The number of hydrogen-bond donors (Lipinski definition) is 4. The molecule has 4 rings (SSSR count). The Kier molecular flexibility index (Phi) is 6.82. The zero-order chi connectivity index (χ0) is 21.6. The summed E-state index contributed by atoms with van der Waals surface area (Å²) in [4.78, 5) is 17.0. The maximum Gasteiger partial charge on any atom is 0.267 e. The van der Waals surface area contributed by atoms with Gasteiger partial charge in [-0.25, -0.2) is 5.48 Å². The van der Waals surface area contributed by atoms with Crippen molar-refractivity contribution in [2.45, 2.75) is 31.7 Å². The maximum atomic E-state index is 11.3. The zero-order valence-electron chi connectivity index (χ0n) is 17.6. The first kappa shape index (κ1) is 21.3. The van der Waals surface area contributed by atoms with Crippen molar-refractivity contribution in [2.75, 3.05) is 19.7 Å². The van der Waals surface area contributed by atoms with Gasteiger partial charge in [0.25, 0.3) is 5.91 Å². The predicted octanol–water partition coefficient (Wildman–Crippen LogP) is 3.60. The Labute approximate surface area is 182 Å². The largest absolute Gasteiger partial charge is 0.395 e. The molecule has 0 saturated heterocycles. The number of aliphatic hydroxyl groups is 1. The predicted molar refractivity (Wildman–Crippen MR) is 122 cm³/mol. The van der Waals surface area contributed by atoms with Gasteiger partial charge in [0.05, 0.1) is 6.61 Å². The number of aromatic amines is 1. The van der Waals surface area contributed by atoms with Gasteiger partial charge < -0.3 is 10.1 Å². The van der Waals surface area contributed by atoms with Crippen molar-refractivity contribution < 1.29 is 15.1 Å². The van der Waals surface area contributed by atoms with E-state index in [1.54, 1.807) is 11.6 Å². The molecule has 2 aromatic carbocycles. The number of benzene rings is 2. The van der Waals surface area contributed by atoms with Crippen molar-refractivity contribution in [3.05, 3.63) is 77.0 Å². The fourth-order valence-electron chi connectivity index (χ4n) is 4.66. The fraction of sp³-hybridized carbons (Fsp3) is 0.320. The number of aromatic nitrogens is 1. The summed E-state index contributed by atoms with van der Waals surface area (Å²) in [7, 11) is 0. The molecule has 162 valence electrons. The second kappa shape index (κ2) is 9.92. The molecule has 0 saturated carbocycles. The fourth-order valence-corrected chi connectivity index (χ4v) is 4.66. The molecule has 1 heterocycles. The van der Waals surface area contributed by atoms with Crippen LogP contribution in [0.15, 0.2) is 54.7 Å².